The number of allylic oxidation sites excluding steroid dienone is 1. The Morgan fingerprint density at radius 1 is 1.20 bits per heavy atom. The third-order valence-corrected chi connectivity index (χ3v) is 7.10. The lowest BCUT2D eigenvalue weighted by Crippen LogP contribution is -2.49. The van der Waals surface area contributed by atoms with Crippen LogP contribution in [0.2, 0.25) is 0 Å². The average molecular weight is 423 g/mol. The molecule has 1 N–H and O–H groups in total. The first kappa shape index (κ1) is 23.6. The number of piperidine rings is 2. The molecule has 0 aromatic carbocycles. The first-order valence-corrected chi connectivity index (χ1v) is 12.2. The maximum absolute atomic E-state index is 13.3. The Kier molecular flexibility index (Phi) is 9.02. The van der Waals surface area contributed by atoms with Gasteiger partial charge < -0.3 is 24.4 Å². The van der Waals surface area contributed by atoms with Gasteiger partial charge in [0, 0.05) is 38.3 Å². The molecule has 3 atom stereocenters. The SMILES string of the molecule is CCO[C@@H]1OC(C(=O)N2CCC(N3CCCCC3)CC2)=C[C@H](C(C)C)[C@@H]1CCCO. The maximum atomic E-state index is 13.3. The number of amides is 1. The van der Waals surface area contributed by atoms with Crippen LogP contribution in [0.25, 0.3) is 0 Å². The summed E-state index contributed by atoms with van der Waals surface area (Å²) in [5.41, 5.74) is 0. The standard InChI is InChI=1S/C24H42N2O4/c1-4-29-24-20(9-8-16-27)21(18(2)3)17-22(30-24)23(28)26-14-10-19(11-15-26)25-12-6-5-7-13-25/h17-21,24,27H,4-16H2,1-3H3/t20-,21+,24+/m0/s1. The molecule has 3 aliphatic heterocycles. The zero-order valence-electron chi connectivity index (χ0n) is 19.2. The normalized spacial score (nSPS) is 29.0. The van der Waals surface area contributed by atoms with Gasteiger partial charge in [0.25, 0.3) is 5.91 Å². The highest BCUT2D eigenvalue weighted by Crippen LogP contribution is 2.37. The monoisotopic (exact) mass is 422 g/mol. The summed E-state index contributed by atoms with van der Waals surface area (Å²) in [7, 11) is 0. The number of likely N-dealkylation sites (tertiary alicyclic amines) is 2. The summed E-state index contributed by atoms with van der Waals surface area (Å²) >= 11 is 0. The number of nitrogens with zero attached hydrogens (tertiary/aromatic N) is 2. The highest BCUT2D eigenvalue weighted by Gasteiger charge is 2.39. The predicted octanol–water partition coefficient (Wildman–Crippen LogP) is 3.40. The Labute approximate surface area is 182 Å². The number of hydrogen-bond donors (Lipinski definition) is 1. The molecule has 0 aliphatic carbocycles. The lowest BCUT2D eigenvalue weighted by Gasteiger charge is -2.42. The first-order valence-electron chi connectivity index (χ1n) is 12.2. The number of carbonyl (C=O) groups excluding carboxylic acids is 1. The van der Waals surface area contributed by atoms with Gasteiger partial charge >= 0.3 is 0 Å². The highest BCUT2D eigenvalue weighted by molar-refractivity contribution is 5.91. The molecule has 3 aliphatic rings. The number of rotatable bonds is 8. The van der Waals surface area contributed by atoms with Gasteiger partial charge in [-0.15, -0.1) is 0 Å². The van der Waals surface area contributed by atoms with Crippen LogP contribution in [0.5, 0.6) is 0 Å². The number of ether oxygens (including phenoxy) is 2. The smallest absolute Gasteiger partial charge is 0.288 e. The zero-order chi connectivity index (χ0) is 21.5. The van der Waals surface area contributed by atoms with Crippen molar-refractivity contribution in [3.8, 4) is 0 Å². The van der Waals surface area contributed by atoms with Crippen LogP contribution in [-0.4, -0.2) is 72.5 Å². The van der Waals surface area contributed by atoms with Crippen molar-refractivity contribution in [2.75, 3.05) is 39.4 Å². The molecule has 6 heteroatoms. The molecule has 0 bridgehead atoms. The van der Waals surface area contributed by atoms with E-state index in [0.717, 1.165) is 38.8 Å². The molecule has 0 aromatic heterocycles. The molecular formula is C24H42N2O4. The minimum absolute atomic E-state index is 0.0167. The Morgan fingerprint density at radius 2 is 1.90 bits per heavy atom. The maximum Gasteiger partial charge on any atom is 0.288 e. The molecule has 2 fully saturated rings. The van der Waals surface area contributed by atoms with Crippen molar-refractivity contribution in [2.24, 2.45) is 17.8 Å². The van der Waals surface area contributed by atoms with Crippen LogP contribution in [0.15, 0.2) is 11.8 Å². The fraction of sp³-hybridized carbons (Fsp3) is 0.875. The molecule has 3 heterocycles. The molecule has 0 aromatic rings. The molecule has 172 valence electrons. The molecule has 0 radical (unpaired) electrons. The van der Waals surface area contributed by atoms with Gasteiger partial charge in [0.2, 0.25) is 6.29 Å². The fourth-order valence-corrected chi connectivity index (χ4v) is 5.39. The van der Waals surface area contributed by atoms with E-state index in [4.69, 9.17) is 9.47 Å². The summed E-state index contributed by atoms with van der Waals surface area (Å²) in [5, 5.41) is 9.30. The lowest BCUT2D eigenvalue weighted by atomic mass is 9.78. The minimum atomic E-state index is -0.413. The number of carbonyl (C=O) groups is 1. The topological polar surface area (TPSA) is 62.2 Å². The van der Waals surface area contributed by atoms with Gasteiger partial charge in [-0.25, -0.2) is 0 Å². The highest BCUT2D eigenvalue weighted by atomic mass is 16.7. The quantitative estimate of drug-likeness (QED) is 0.650. The third kappa shape index (κ3) is 5.77. The van der Waals surface area contributed by atoms with E-state index in [9.17, 15) is 9.90 Å². The van der Waals surface area contributed by atoms with E-state index in [2.05, 4.69) is 18.7 Å². The van der Waals surface area contributed by atoms with Crippen molar-refractivity contribution in [3.63, 3.8) is 0 Å². The molecule has 0 saturated carbocycles. The van der Waals surface area contributed by atoms with Crippen molar-refractivity contribution < 1.29 is 19.4 Å². The molecule has 6 nitrogen and oxygen atoms in total. The van der Waals surface area contributed by atoms with Crippen molar-refractivity contribution in [2.45, 2.75) is 78.0 Å². The van der Waals surface area contributed by atoms with Gasteiger partial charge in [-0.3, -0.25) is 4.79 Å². The van der Waals surface area contributed by atoms with Gasteiger partial charge in [0.1, 0.15) is 0 Å². The van der Waals surface area contributed by atoms with Gasteiger partial charge in [-0.2, -0.15) is 0 Å². The summed E-state index contributed by atoms with van der Waals surface area (Å²) in [5.74, 6) is 1.24. The fourth-order valence-electron chi connectivity index (χ4n) is 5.39. The van der Waals surface area contributed by atoms with Crippen LogP contribution >= 0.6 is 0 Å². The van der Waals surface area contributed by atoms with Crippen LogP contribution in [0.1, 0.15) is 65.7 Å². The van der Waals surface area contributed by atoms with E-state index in [1.165, 1.54) is 32.4 Å². The van der Waals surface area contributed by atoms with Crippen LogP contribution in [0, 0.1) is 17.8 Å². The number of aliphatic hydroxyl groups excluding tert-OH is 1. The second kappa shape index (κ2) is 11.5. The summed E-state index contributed by atoms with van der Waals surface area (Å²) in [6.45, 7) is 11.1. The molecule has 2 saturated heterocycles. The molecule has 1 amide bonds. The third-order valence-electron chi connectivity index (χ3n) is 7.10. The van der Waals surface area contributed by atoms with Crippen molar-refractivity contribution in [3.05, 3.63) is 11.8 Å². The summed E-state index contributed by atoms with van der Waals surface area (Å²) < 4.78 is 12.0. The first-order chi connectivity index (χ1) is 14.5. The lowest BCUT2D eigenvalue weighted by molar-refractivity contribution is -0.178. The van der Waals surface area contributed by atoms with Crippen LogP contribution in [0.3, 0.4) is 0 Å². The summed E-state index contributed by atoms with van der Waals surface area (Å²) in [4.78, 5) is 17.9. The second-order valence-corrected chi connectivity index (χ2v) is 9.44. The summed E-state index contributed by atoms with van der Waals surface area (Å²) in [6, 6.07) is 0.623. The predicted molar refractivity (Wildman–Crippen MR) is 118 cm³/mol. The molecule has 3 rings (SSSR count). The number of hydrogen-bond acceptors (Lipinski definition) is 5. The Bertz CT molecular complexity index is 566. The molecular weight excluding hydrogens is 380 g/mol. The number of aliphatic hydroxyl groups is 1. The second-order valence-electron chi connectivity index (χ2n) is 9.44. The van der Waals surface area contributed by atoms with Crippen LogP contribution in [0.4, 0.5) is 0 Å². The van der Waals surface area contributed by atoms with Crippen molar-refractivity contribution in [1.82, 2.24) is 9.80 Å². The Morgan fingerprint density at radius 3 is 2.50 bits per heavy atom. The van der Waals surface area contributed by atoms with Gasteiger partial charge in [0.15, 0.2) is 5.76 Å². The zero-order valence-corrected chi connectivity index (χ0v) is 19.2. The van der Waals surface area contributed by atoms with Crippen molar-refractivity contribution >= 4 is 5.91 Å². The summed E-state index contributed by atoms with van der Waals surface area (Å²) in [6.07, 6.45) is 9.29. The largest absolute Gasteiger partial charge is 0.459 e. The van der Waals surface area contributed by atoms with E-state index >= 15 is 0 Å². The van der Waals surface area contributed by atoms with E-state index < -0.39 is 6.29 Å². The van der Waals surface area contributed by atoms with Crippen LogP contribution in [-0.2, 0) is 14.3 Å². The van der Waals surface area contributed by atoms with Gasteiger partial charge in [-0.1, -0.05) is 20.3 Å². The van der Waals surface area contributed by atoms with E-state index in [1.54, 1.807) is 0 Å². The minimum Gasteiger partial charge on any atom is -0.459 e. The molecule has 30 heavy (non-hydrogen) atoms. The van der Waals surface area contributed by atoms with Gasteiger partial charge in [-0.05, 0) is 76.5 Å². The van der Waals surface area contributed by atoms with Crippen LogP contribution < -0.4 is 0 Å². The van der Waals surface area contributed by atoms with E-state index in [0.29, 0.717) is 24.3 Å². The van der Waals surface area contributed by atoms with Crippen molar-refractivity contribution in [1.29, 1.82) is 0 Å². The molecule has 0 unspecified atom stereocenters. The Balaban J connectivity index is 1.65. The Hall–Kier alpha value is -1.11. The van der Waals surface area contributed by atoms with E-state index in [1.807, 2.05) is 17.9 Å². The van der Waals surface area contributed by atoms with E-state index in [-0.39, 0.29) is 24.3 Å². The molecule has 0 spiro atoms. The average Bonchev–Trinajstić information content (AvgIpc) is 2.78. The van der Waals surface area contributed by atoms with Gasteiger partial charge in [0.05, 0.1) is 0 Å².